The topological polar surface area (TPSA) is 56.3 Å². The zero-order valence-electron chi connectivity index (χ0n) is 14.4. The number of carbonyl (C=O) groups is 1. The number of hydrogen-bond donors (Lipinski definition) is 2. The molecule has 0 atom stereocenters. The lowest BCUT2D eigenvalue weighted by Crippen LogP contribution is -2.15. The summed E-state index contributed by atoms with van der Waals surface area (Å²) in [4.78, 5) is 16.7. The quantitative estimate of drug-likeness (QED) is 0.770. The molecule has 0 bridgehead atoms. The summed E-state index contributed by atoms with van der Waals surface area (Å²) < 4.78 is 0. The Morgan fingerprint density at radius 1 is 1.26 bits per heavy atom. The van der Waals surface area contributed by atoms with E-state index in [1.165, 1.54) is 11.1 Å². The van der Waals surface area contributed by atoms with E-state index in [0.717, 1.165) is 41.4 Å². The van der Waals surface area contributed by atoms with E-state index in [9.17, 15) is 9.90 Å². The van der Waals surface area contributed by atoms with Gasteiger partial charge in [0.1, 0.15) is 0 Å². The number of aromatic amines is 1. The number of likely N-dealkylation sites (N-methyl/N-ethyl adjacent to an activating group) is 1. The van der Waals surface area contributed by atoms with Crippen molar-refractivity contribution in [3.8, 4) is 0 Å². The number of aromatic nitrogens is 1. The third-order valence-electron chi connectivity index (χ3n) is 3.92. The summed E-state index contributed by atoms with van der Waals surface area (Å²) in [5.74, 6) is -0.787. The third-order valence-corrected chi connectivity index (χ3v) is 3.92. The smallest absolute Gasteiger partial charge is 0.307 e. The van der Waals surface area contributed by atoms with Crippen LogP contribution in [0.2, 0.25) is 0 Å². The molecule has 0 fully saturated rings. The molecule has 124 valence electrons. The number of nitrogens with one attached hydrogen (secondary N) is 1. The van der Waals surface area contributed by atoms with E-state index in [0.29, 0.717) is 0 Å². The molecule has 0 saturated carbocycles. The van der Waals surface area contributed by atoms with Gasteiger partial charge in [0.25, 0.3) is 0 Å². The molecule has 0 radical (unpaired) electrons. The second-order valence-electron chi connectivity index (χ2n) is 6.60. The van der Waals surface area contributed by atoms with E-state index >= 15 is 0 Å². The van der Waals surface area contributed by atoms with Crippen molar-refractivity contribution in [1.82, 2.24) is 9.88 Å². The van der Waals surface area contributed by atoms with Crippen molar-refractivity contribution in [3.05, 3.63) is 46.7 Å². The zero-order valence-corrected chi connectivity index (χ0v) is 14.4. The summed E-state index contributed by atoms with van der Waals surface area (Å²) in [5, 5.41) is 10.3. The first-order chi connectivity index (χ1) is 10.9. The molecule has 0 unspecified atom stereocenters. The van der Waals surface area contributed by atoms with Crippen LogP contribution in [0.25, 0.3) is 10.9 Å². The summed E-state index contributed by atoms with van der Waals surface area (Å²) in [6.07, 6.45) is 5.99. The van der Waals surface area contributed by atoms with Crippen molar-refractivity contribution in [2.45, 2.75) is 33.1 Å². The number of rotatable bonds is 7. The predicted molar refractivity (Wildman–Crippen MR) is 95.0 cm³/mol. The summed E-state index contributed by atoms with van der Waals surface area (Å²) >= 11 is 0. The number of nitrogens with zero attached hydrogens (tertiary/aromatic N) is 1. The van der Waals surface area contributed by atoms with Crippen molar-refractivity contribution in [2.24, 2.45) is 0 Å². The summed E-state index contributed by atoms with van der Waals surface area (Å²) in [7, 11) is 4.09. The number of hydrogen-bond acceptors (Lipinski definition) is 2. The van der Waals surface area contributed by atoms with Gasteiger partial charge in [0.15, 0.2) is 0 Å². The summed E-state index contributed by atoms with van der Waals surface area (Å²) in [6, 6.07) is 4.18. The lowest BCUT2D eigenvalue weighted by molar-refractivity contribution is -0.136. The lowest BCUT2D eigenvalue weighted by Gasteiger charge is -2.10. The van der Waals surface area contributed by atoms with Crippen LogP contribution in [0.5, 0.6) is 0 Å². The normalized spacial score (nSPS) is 11.2. The van der Waals surface area contributed by atoms with Crippen molar-refractivity contribution in [3.63, 3.8) is 0 Å². The number of carboxylic acids is 1. The van der Waals surface area contributed by atoms with Gasteiger partial charge in [-0.3, -0.25) is 4.79 Å². The number of aliphatic carboxylic acids is 1. The molecule has 0 saturated heterocycles. The number of fused-ring (bicyclic) bond motifs is 1. The van der Waals surface area contributed by atoms with Crippen molar-refractivity contribution in [1.29, 1.82) is 0 Å². The largest absolute Gasteiger partial charge is 0.481 e. The average Bonchev–Trinajstić information content (AvgIpc) is 2.85. The lowest BCUT2D eigenvalue weighted by atomic mass is 9.97. The van der Waals surface area contributed by atoms with E-state index < -0.39 is 5.97 Å². The molecule has 0 aliphatic heterocycles. The number of benzene rings is 1. The van der Waals surface area contributed by atoms with E-state index in [1.807, 2.05) is 26.4 Å². The standard InChI is InChI=1S/C19H26N2O2/c1-13(2)5-6-14-9-16(11-18(22)23)19-15(7-8-21(3)4)12-20-17(19)10-14/h5,9-10,12,20H,6-8,11H2,1-4H3,(H,22,23). The van der Waals surface area contributed by atoms with Crippen LogP contribution in [0.15, 0.2) is 30.0 Å². The van der Waals surface area contributed by atoms with Crippen LogP contribution in [-0.2, 0) is 24.1 Å². The minimum absolute atomic E-state index is 0.0615. The first-order valence-electron chi connectivity index (χ1n) is 7.98. The van der Waals surface area contributed by atoms with Crippen LogP contribution in [0.1, 0.15) is 30.5 Å². The maximum Gasteiger partial charge on any atom is 0.307 e. The highest BCUT2D eigenvalue weighted by molar-refractivity contribution is 5.90. The van der Waals surface area contributed by atoms with Gasteiger partial charge < -0.3 is 15.0 Å². The molecule has 4 nitrogen and oxygen atoms in total. The molecule has 0 aliphatic carbocycles. The molecular weight excluding hydrogens is 288 g/mol. The van der Waals surface area contributed by atoms with E-state index in [2.05, 4.69) is 35.9 Å². The fourth-order valence-electron chi connectivity index (χ4n) is 2.78. The Balaban J connectivity index is 2.44. The SMILES string of the molecule is CC(C)=CCc1cc(CC(=O)O)c2c(CCN(C)C)c[nH]c2c1. The number of H-pyrrole nitrogens is 1. The Morgan fingerprint density at radius 2 is 2.00 bits per heavy atom. The molecule has 4 heteroatoms. The Bertz CT molecular complexity index is 722. The summed E-state index contributed by atoms with van der Waals surface area (Å²) in [5.41, 5.74) is 5.55. The third kappa shape index (κ3) is 4.70. The van der Waals surface area contributed by atoms with Crippen molar-refractivity contribution >= 4 is 16.9 Å². The molecule has 2 N–H and O–H groups in total. The van der Waals surface area contributed by atoms with Gasteiger partial charge in [-0.05, 0) is 63.5 Å². The van der Waals surface area contributed by atoms with Gasteiger partial charge in [-0.25, -0.2) is 0 Å². The number of allylic oxidation sites excluding steroid dienone is 2. The molecule has 1 aromatic heterocycles. The second kappa shape index (κ2) is 7.47. The van der Waals surface area contributed by atoms with Crippen LogP contribution >= 0.6 is 0 Å². The van der Waals surface area contributed by atoms with E-state index in [-0.39, 0.29) is 6.42 Å². The van der Waals surface area contributed by atoms with Gasteiger partial charge in [0.05, 0.1) is 6.42 Å². The van der Waals surface area contributed by atoms with Crippen LogP contribution in [0, 0.1) is 0 Å². The molecular formula is C19H26N2O2. The highest BCUT2D eigenvalue weighted by atomic mass is 16.4. The first kappa shape index (κ1) is 17.3. The highest BCUT2D eigenvalue weighted by Crippen LogP contribution is 2.26. The van der Waals surface area contributed by atoms with Gasteiger partial charge in [-0.15, -0.1) is 0 Å². The van der Waals surface area contributed by atoms with Crippen LogP contribution in [0.3, 0.4) is 0 Å². The van der Waals surface area contributed by atoms with Gasteiger partial charge in [-0.2, -0.15) is 0 Å². The van der Waals surface area contributed by atoms with E-state index in [1.54, 1.807) is 0 Å². The molecule has 2 aromatic rings. The first-order valence-corrected chi connectivity index (χ1v) is 7.98. The van der Waals surface area contributed by atoms with Crippen LogP contribution < -0.4 is 0 Å². The minimum Gasteiger partial charge on any atom is -0.481 e. The molecule has 1 heterocycles. The molecule has 2 rings (SSSR count). The monoisotopic (exact) mass is 314 g/mol. The van der Waals surface area contributed by atoms with Crippen LogP contribution in [-0.4, -0.2) is 41.6 Å². The Morgan fingerprint density at radius 3 is 2.61 bits per heavy atom. The fraction of sp³-hybridized carbons (Fsp3) is 0.421. The van der Waals surface area contributed by atoms with Crippen LogP contribution in [0.4, 0.5) is 0 Å². The highest BCUT2D eigenvalue weighted by Gasteiger charge is 2.13. The average molecular weight is 314 g/mol. The predicted octanol–water partition coefficient (Wildman–Crippen LogP) is 3.41. The van der Waals surface area contributed by atoms with Gasteiger partial charge >= 0.3 is 5.97 Å². The van der Waals surface area contributed by atoms with Crippen molar-refractivity contribution in [2.75, 3.05) is 20.6 Å². The molecule has 1 aromatic carbocycles. The Kier molecular flexibility index (Phi) is 5.61. The number of carboxylic acid groups (broad SMARTS) is 1. The molecule has 0 aliphatic rings. The molecule has 0 spiro atoms. The zero-order chi connectivity index (χ0) is 17.0. The maximum absolute atomic E-state index is 11.3. The fourth-order valence-corrected chi connectivity index (χ4v) is 2.78. The maximum atomic E-state index is 11.3. The Labute approximate surface area is 137 Å². The molecule has 23 heavy (non-hydrogen) atoms. The van der Waals surface area contributed by atoms with Gasteiger partial charge in [0, 0.05) is 23.6 Å². The summed E-state index contributed by atoms with van der Waals surface area (Å²) in [6.45, 7) is 5.09. The van der Waals surface area contributed by atoms with Crippen molar-refractivity contribution < 1.29 is 9.90 Å². The van der Waals surface area contributed by atoms with Gasteiger partial charge in [0.2, 0.25) is 0 Å². The minimum atomic E-state index is -0.787. The molecule has 0 amide bonds. The second-order valence-corrected chi connectivity index (χ2v) is 6.60. The van der Waals surface area contributed by atoms with Gasteiger partial charge in [-0.1, -0.05) is 17.7 Å². The van der Waals surface area contributed by atoms with E-state index in [4.69, 9.17) is 0 Å². The Hall–Kier alpha value is -2.07.